The summed E-state index contributed by atoms with van der Waals surface area (Å²) in [4.78, 5) is 12.4. The van der Waals surface area contributed by atoms with Crippen molar-refractivity contribution in [2.75, 3.05) is 13.7 Å². The van der Waals surface area contributed by atoms with Crippen molar-refractivity contribution in [1.82, 2.24) is 4.57 Å². The van der Waals surface area contributed by atoms with Crippen molar-refractivity contribution < 1.29 is 9.47 Å². The second kappa shape index (κ2) is 7.43. The summed E-state index contributed by atoms with van der Waals surface area (Å²) in [5.74, 6) is 0.754. The number of aromatic nitrogens is 1. The monoisotopic (exact) mass is 298 g/mol. The number of aryl methyl sites for hydroxylation is 1. The molecule has 0 radical (unpaired) electrons. The third-order valence-electron chi connectivity index (χ3n) is 3.33. The molecule has 0 bridgehead atoms. The van der Waals surface area contributed by atoms with E-state index in [-0.39, 0.29) is 17.7 Å². The van der Waals surface area contributed by atoms with Crippen LogP contribution in [0.2, 0.25) is 0 Å². The Morgan fingerprint density at radius 1 is 1.27 bits per heavy atom. The number of para-hydroxylation sites is 1. The molecule has 114 valence electrons. The Kier molecular flexibility index (Phi) is 5.34. The molecule has 0 aliphatic heterocycles. The third-order valence-corrected chi connectivity index (χ3v) is 3.33. The molecule has 22 heavy (non-hydrogen) atoms. The number of rotatable bonds is 6. The number of hydrogen-bond donors (Lipinski definition) is 0. The van der Waals surface area contributed by atoms with Crippen molar-refractivity contribution >= 4 is 0 Å². The zero-order chi connectivity index (χ0) is 15.9. The molecule has 2 aromatic rings. The molecule has 0 N–H and O–H groups in total. The number of ether oxygens (including phenoxy) is 2. The molecular weight excluding hydrogens is 280 g/mol. The standard InChI is InChI=1S/C17H18N2O3/c1-13-10-14(12-21-2)16(11-18)17(20)19(13)8-9-22-15-6-4-3-5-7-15/h3-7,10H,8-9,12H2,1-2H3. The minimum absolute atomic E-state index is 0.132. The molecule has 0 aliphatic carbocycles. The van der Waals surface area contributed by atoms with Crippen molar-refractivity contribution in [2.24, 2.45) is 0 Å². The van der Waals surface area contributed by atoms with Crippen LogP contribution in [0.5, 0.6) is 5.75 Å². The number of methoxy groups -OCH3 is 1. The Morgan fingerprint density at radius 3 is 2.64 bits per heavy atom. The van der Waals surface area contributed by atoms with E-state index in [9.17, 15) is 10.1 Å². The quantitative estimate of drug-likeness (QED) is 0.820. The predicted molar refractivity (Wildman–Crippen MR) is 82.8 cm³/mol. The van der Waals surface area contributed by atoms with Gasteiger partial charge >= 0.3 is 0 Å². The third kappa shape index (κ3) is 3.54. The van der Waals surface area contributed by atoms with Gasteiger partial charge in [-0.1, -0.05) is 18.2 Å². The van der Waals surface area contributed by atoms with Crippen molar-refractivity contribution in [2.45, 2.75) is 20.1 Å². The van der Waals surface area contributed by atoms with Gasteiger partial charge in [0.2, 0.25) is 0 Å². The van der Waals surface area contributed by atoms with Gasteiger partial charge in [-0.05, 0) is 25.1 Å². The van der Waals surface area contributed by atoms with Crippen LogP contribution in [0.4, 0.5) is 0 Å². The van der Waals surface area contributed by atoms with E-state index in [1.54, 1.807) is 4.57 Å². The fourth-order valence-electron chi connectivity index (χ4n) is 2.27. The lowest BCUT2D eigenvalue weighted by Crippen LogP contribution is -2.28. The lowest BCUT2D eigenvalue weighted by atomic mass is 10.1. The SMILES string of the molecule is COCc1cc(C)n(CCOc2ccccc2)c(=O)c1C#N. The van der Waals surface area contributed by atoms with E-state index >= 15 is 0 Å². The fraction of sp³-hybridized carbons (Fsp3) is 0.294. The Balaban J connectivity index is 2.17. The molecule has 1 heterocycles. The maximum atomic E-state index is 12.4. The van der Waals surface area contributed by atoms with E-state index in [1.807, 2.05) is 49.4 Å². The van der Waals surface area contributed by atoms with Gasteiger partial charge in [-0.3, -0.25) is 4.79 Å². The van der Waals surface area contributed by atoms with Gasteiger partial charge in [0.1, 0.15) is 24.0 Å². The van der Waals surface area contributed by atoms with Gasteiger partial charge in [0.05, 0.1) is 13.2 Å². The van der Waals surface area contributed by atoms with Crippen LogP contribution >= 0.6 is 0 Å². The second-order valence-electron chi connectivity index (χ2n) is 4.85. The number of benzene rings is 1. The van der Waals surface area contributed by atoms with Crippen LogP contribution in [-0.2, 0) is 17.9 Å². The first kappa shape index (κ1) is 15.8. The molecule has 5 heteroatoms. The Labute approximate surface area is 129 Å². The summed E-state index contributed by atoms with van der Waals surface area (Å²) in [5, 5.41) is 9.19. The highest BCUT2D eigenvalue weighted by molar-refractivity contribution is 5.36. The molecule has 0 aliphatic rings. The Hall–Kier alpha value is -2.58. The fourth-order valence-corrected chi connectivity index (χ4v) is 2.27. The lowest BCUT2D eigenvalue weighted by Gasteiger charge is -2.13. The molecule has 1 aromatic carbocycles. The zero-order valence-electron chi connectivity index (χ0n) is 12.7. The maximum absolute atomic E-state index is 12.4. The average molecular weight is 298 g/mol. The van der Waals surface area contributed by atoms with E-state index in [0.717, 1.165) is 11.4 Å². The van der Waals surface area contributed by atoms with Crippen LogP contribution in [-0.4, -0.2) is 18.3 Å². The summed E-state index contributed by atoms with van der Waals surface area (Å²) in [7, 11) is 1.54. The Morgan fingerprint density at radius 2 is 2.00 bits per heavy atom. The summed E-state index contributed by atoms with van der Waals surface area (Å²) >= 11 is 0. The first-order chi connectivity index (χ1) is 10.7. The number of nitriles is 1. The molecule has 2 rings (SSSR count). The minimum atomic E-state index is -0.300. The smallest absolute Gasteiger partial charge is 0.269 e. The van der Waals surface area contributed by atoms with Crippen LogP contribution in [0.3, 0.4) is 0 Å². The van der Waals surface area contributed by atoms with Gasteiger partial charge in [0.15, 0.2) is 0 Å². The zero-order valence-corrected chi connectivity index (χ0v) is 12.7. The van der Waals surface area contributed by atoms with Crippen molar-refractivity contribution in [3.63, 3.8) is 0 Å². The topological polar surface area (TPSA) is 64.2 Å². The van der Waals surface area contributed by atoms with Crippen LogP contribution in [0.25, 0.3) is 0 Å². The van der Waals surface area contributed by atoms with Gasteiger partial charge < -0.3 is 14.0 Å². The summed E-state index contributed by atoms with van der Waals surface area (Å²) < 4.78 is 12.2. The number of hydrogen-bond acceptors (Lipinski definition) is 4. The second-order valence-corrected chi connectivity index (χ2v) is 4.85. The molecule has 0 fully saturated rings. The van der Waals surface area contributed by atoms with Crippen molar-refractivity contribution in [3.8, 4) is 11.8 Å². The first-order valence-electron chi connectivity index (χ1n) is 6.97. The molecule has 0 atom stereocenters. The average Bonchev–Trinajstić information content (AvgIpc) is 2.52. The summed E-state index contributed by atoms with van der Waals surface area (Å²) in [5.41, 5.74) is 1.24. The van der Waals surface area contributed by atoms with E-state index in [0.29, 0.717) is 18.7 Å². The normalized spacial score (nSPS) is 10.2. The molecule has 5 nitrogen and oxygen atoms in total. The van der Waals surface area contributed by atoms with Crippen LogP contribution < -0.4 is 10.3 Å². The Bertz CT molecular complexity index is 730. The predicted octanol–water partition coefficient (Wildman–Crippen LogP) is 2.25. The first-order valence-corrected chi connectivity index (χ1v) is 6.97. The highest BCUT2D eigenvalue weighted by Crippen LogP contribution is 2.10. The summed E-state index contributed by atoms with van der Waals surface area (Å²) in [6.07, 6.45) is 0. The highest BCUT2D eigenvalue weighted by Gasteiger charge is 2.12. The summed E-state index contributed by atoms with van der Waals surface area (Å²) in [6.45, 7) is 2.84. The minimum Gasteiger partial charge on any atom is -0.492 e. The van der Waals surface area contributed by atoms with Gasteiger partial charge in [-0.2, -0.15) is 5.26 Å². The molecule has 0 spiro atoms. The van der Waals surface area contributed by atoms with E-state index < -0.39 is 0 Å². The molecule has 0 saturated heterocycles. The maximum Gasteiger partial charge on any atom is 0.269 e. The number of nitrogens with zero attached hydrogens (tertiary/aromatic N) is 2. The highest BCUT2D eigenvalue weighted by atomic mass is 16.5. The van der Waals surface area contributed by atoms with Crippen LogP contribution in [0, 0.1) is 18.3 Å². The van der Waals surface area contributed by atoms with Gasteiger partial charge in [0, 0.05) is 18.4 Å². The van der Waals surface area contributed by atoms with E-state index in [1.165, 1.54) is 7.11 Å². The van der Waals surface area contributed by atoms with Gasteiger partial charge in [0.25, 0.3) is 5.56 Å². The summed E-state index contributed by atoms with van der Waals surface area (Å²) in [6, 6.07) is 13.2. The van der Waals surface area contributed by atoms with Crippen LogP contribution in [0.1, 0.15) is 16.8 Å². The molecular formula is C17H18N2O3. The van der Waals surface area contributed by atoms with Crippen molar-refractivity contribution in [1.29, 1.82) is 5.26 Å². The molecule has 0 unspecified atom stereocenters. The van der Waals surface area contributed by atoms with Gasteiger partial charge in [-0.15, -0.1) is 0 Å². The van der Waals surface area contributed by atoms with E-state index in [2.05, 4.69) is 0 Å². The van der Waals surface area contributed by atoms with Crippen molar-refractivity contribution in [3.05, 3.63) is 63.6 Å². The molecule has 0 saturated carbocycles. The van der Waals surface area contributed by atoms with Crippen LogP contribution in [0.15, 0.2) is 41.2 Å². The largest absolute Gasteiger partial charge is 0.492 e. The molecule has 0 amide bonds. The number of pyridine rings is 1. The lowest BCUT2D eigenvalue weighted by molar-refractivity contribution is 0.184. The van der Waals surface area contributed by atoms with E-state index in [4.69, 9.17) is 9.47 Å². The van der Waals surface area contributed by atoms with Gasteiger partial charge in [-0.25, -0.2) is 0 Å². The molecule has 1 aromatic heterocycles.